The summed E-state index contributed by atoms with van der Waals surface area (Å²) >= 11 is 7.02. The van der Waals surface area contributed by atoms with Gasteiger partial charge in [0.2, 0.25) is 5.91 Å². The van der Waals surface area contributed by atoms with Gasteiger partial charge in [-0.1, -0.05) is 70.5 Å². The molecular weight excluding hydrogens is 572 g/mol. The van der Waals surface area contributed by atoms with Gasteiger partial charge < -0.3 is 9.47 Å². The van der Waals surface area contributed by atoms with Crippen molar-refractivity contribution in [2.45, 2.75) is 20.0 Å². The molecule has 1 amide bonds. The zero-order valence-corrected chi connectivity index (χ0v) is 22.3. The predicted molar refractivity (Wildman–Crippen MR) is 147 cm³/mol. The van der Waals surface area contributed by atoms with Crippen molar-refractivity contribution in [3.8, 4) is 11.5 Å². The topological polar surface area (TPSA) is 59.9 Å². The first-order chi connectivity index (χ1) is 17.0. The summed E-state index contributed by atoms with van der Waals surface area (Å²) in [5, 5.41) is 6.32. The molecule has 0 aliphatic heterocycles. The Kier molecular flexibility index (Phi) is 8.55. The Labute approximate surface area is 221 Å². The zero-order valence-electron chi connectivity index (χ0n) is 19.1. The van der Waals surface area contributed by atoms with Crippen LogP contribution in [0.3, 0.4) is 0 Å². The number of nitrogens with one attached hydrogen (secondary N) is 1. The van der Waals surface area contributed by atoms with Gasteiger partial charge in [0.15, 0.2) is 11.5 Å². The molecule has 0 radical (unpaired) electrons. The average Bonchev–Trinajstić information content (AvgIpc) is 2.85. The largest absolute Gasteiger partial charge is 0.490 e. The molecule has 0 bridgehead atoms. The van der Waals surface area contributed by atoms with Crippen LogP contribution in [0.4, 0.5) is 0 Å². The van der Waals surface area contributed by atoms with Crippen LogP contribution in [0, 0.1) is 0 Å². The highest BCUT2D eigenvalue weighted by Gasteiger charge is 2.13. The molecule has 178 valence electrons. The maximum Gasteiger partial charge on any atom is 0.244 e. The van der Waals surface area contributed by atoms with Crippen LogP contribution < -0.4 is 14.9 Å². The van der Waals surface area contributed by atoms with Crippen LogP contribution in [0.1, 0.15) is 23.6 Å². The van der Waals surface area contributed by atoms with E-state index in [0.29, 0.717) is 24.7 Å². The Morgan fingerprint density at radius 1 is 0.971 bits per heavy atom. The SMILES string of the molecule is CCOc1cc(/C=N\NC(=O)Cc2cccc3ccccc23)cc(Br)c1OCc1ccc(Br)cc1. The molecule has 7 heteroatoms. The quantitative estimate of drug-likeness (QED) is 0.167. The van der Waals surface area contributed by atoms with Gasteiger partial charge in [0, 0.05) is 4.47 Å². The minimum atomic E-state index is -0.184. The first kappa shape index (κ1) is 24.9. The van der Waals surface area contributed by atoms with Gasteiger partial charge in [0.05, 0.1) is 23.7 Å². The van der Waals surface area contributed by atoms with Crippen LogP contribution in [0.25, 0.3) is 10.8 Å². The minimum absolute atomic E-state index is 0.184. The summed E-state index contributed by atoms with van der Waals surface area (Å²) in [4.78, 5) is 12.5. The van der Waals surface area contributed by atoms with Crippen molar-refractivity contribution in [3.63, 3.8) is 0 Å². The van der Waals surface area contributed by atoms with Crippen LogP contribution in [0.15, 0.2) is 92.9 Å². The van der Waals surface area contributed by atoms with Gasteiger partial charge in [-0.25, -0.2) is 5.43 Å². The van der Waals surface area contributed by atoms with Crippen molar-refractivity contribution < 1.29 is 14.3 Å². The maximum atomic E-state index is 12.5. The Morgan fingerprint density at radius 2 is 1.74 bits per heavy atom. The lowest BCUT2D eigenvalue weighted by Crippen LogP contribution is -2.19. The standard InChI is InChI=1S/C28H24Br2N2O3/c1-2-34-26-15-20(14-25(30)28(26)35-18-19-10-12-23(29)13-11-19)17-31-32-27(33)16-22-8-5-7-21-6-3-4-9-24(21)22/h3-15,17H,2,16,18H2,1H3,(H,32,33)/b31-17-. The minimum Gasteiger partial charge on any atom is -0.490 e. The summed E-state index contributed by atoms with van der Waals surface area (Å²) in [5.74, 6) is 1.03. The number of hydrogen-bond acceptors (Lipinski definition) is 4. The van der Waals surface area contributed by atoms with E-state index in [-0.39, 0.29) is 12.3 Å². The van der Waals surface area contributed by atoms with Crippen molar-refractivity contribution in [1.82, 2.24) is 5.43 Å². The van der Waals surface area contributed by atoms with Crippen LogP contribution in [0.5, 0.6) is 11.5 Å². The van der Waals surface area contributed by atoms with E-state index >= 15 is 0 Å². The molecule has 0 aliphatic rings. The van der Waals surface area contributed by atoms with E-state index in [4.69, 9.17) is 9.47 Å². The summed E-state index contributed by atoms with van der Waals surface area (Å²) in [5.41, 5.74) is 5.39. The molecule has 0 unspecified atom stereocenters. The summed E-state index contributed by atoms with van der Waals surface area (Å²) in [6.07, 6.45) is 1.84. The normalized spacial score (nSPS) is 11.1. The zero-order chi connectivity index (χ0) is 24.6. The molecule has 0 spiro atoms. The van der Waals surface area contributed by atoms with E-state index in [1.807, 2.05) is 85.8 Å². The second kappa shape index (κ2) is 12.0. The van der Waals surface area contributed by atoms with E-state index in [9.17, 15) is 4.79 Å². The molecule has 0 saturated heterocycles. The number of carbonyl (C=O) groups is 1. The molecule has 0 fully saturated rings. The first-order valence-electron chi connectivity index (χ1n) is 11.2. The van der Waals surface area contributed by atoms with Crippen LogP contribution in [0.2, 0.25) is 0 Å². The van der Waals surface area contributed by atoms with E-state index in [0.717, 1.165) is 36.4 Å². The predicted octanol–water partition coefficient (Wildman–Crippen LogP) is 7.04. The number of ether oxygens (including phenoxy) is 2. The second-order valence-electron chi connectivity index (χ2n) is 7.79. The lowest BCUT2D eigenvalue weighted by molar-refractivity contribution is -0.120. The highest BCUT2D eigenvalue weighted by molar-refractivity contribution is 9.10. The van der Waals surface area contributed by atoms with E-state index < -0.39 is 0 Å². The van der Waals surface area contributed by atoms with Crippen molar-refractivity contribution >= 4 is 54.8 Å². The summed E-state index contributed by atoms with van der Waals surface area (Å²) in [6.45, 7) is 2.81. The molecule has 0 aliphatic carbocycles. The number of halogens is 2. The highest BCUT2D eigenvalue weighted by Crippen LogP contribution is 2.37. The molecular formula is C28H24Br2N2O3. The molecule has 4 aromatic carbocycles. The average molecular weight is 596 g/mol. The molecule has 0 aromatic heterocycles. The summed E-state index contributed by atoms with van der Waals surface area (Å²) in [7, 11) is 0. The molecule has 4 aromatic rings. The molecule has 0 saturated carbocycles. The van der Waals surface area contributed by atoms with Gasteiger partial charge >= 0.3 is 0 Å². The lowest BCUT2D eigenvalue weighted by atomic mass is 10.0. The number of benzene rings is 4. The summed E-state index contributed by atoms with van der Waals surface area (Å²) < 4.78 is 13.6. The molecule has 1 N–H and O–H groups in total. The molecule has 35 heavy (non-hydrogen) atoms. The number of hydrogen-bond donors (Lipinski definition) is 1. The number of carbonyl (C=O) groups excluding carboxylic acids is 1. The highest BCUT2D eigenvalue weighted by atomic mass is 79.9. The molecule has 0 heterocycles. The molecule has 0 atom stereocenters. The van der Waals surface area contributed by atoms with Crippen LogP contribution in [-0.2, 0) is 17.8 Å². The van der Waals surface area contributed by atoms with Crippen molar-refractivity contribution in [2.75, 3.05) is 6.61 Å². The Balaban J connectivity index is 1.42. The Hall–Kier alpha value is -3.16. The number of fused-ring (bicyclic) bond motifs is 1. The van der Waals surface area contributed by atoms with Gasteiger partial charge in [-0.05, 0) is 74.6 Å². The third-order valence-electron chi connectivity index (χ3n) is 5.26. The van der Waals surface area contributed by atoms with Gasteiger partial charge in [-0.3, -0.25) is 4.79 Å². The maximum absolute atomic E-state index is 12.5. The van der Waals surface area contributed by atoms with Gasteiger partial charge in [0.1, 0.15) is 6.61 Å². The van der Waals surface area contributed by atoms with Crippen molar-refractivity contribution in [2.24, 2.45) is 5.10 Å². The third kappa shape index (κ3) is 6.71. The monoisotopic (exact) mass is 594 g/mol. The van der Waals surface area contributed by atoms with Gasteiger partial charge in [-0.15, -0.1) is 0 Å². The van der Waals surface area contributed by atoms with Gasteiger partial charge in [-0.2, -0.15) is 5.10 Å². The number of amides is 1. The lowest BCUT2D eigenvalue weighted by Gasteiger charge is -2.14. The Morgan fingerprint density at radius 3 is 2.54 bits per heavy atom. The number of rotatable bonds is 9. The molecule has 4 rings (SSSR count). The smallest absolute Gasteiger partial charge is 0.244 e. The van der Waals surface area contributed by atoms with E-state index in [1.54, 1.807) is 6.21 Å². The number of hydrazone groups is 1. The fraction of sp³-hybridized carbons (Fsp3) is 0.143. The number of nitrogens with zero attached hydrogens (tertiary/aromatic N) is 1. The first-order valence-corrected chi connectivity index (χ1v) is 12.7. The Bertz CT molecular complexity index is 1350. The third-order valence-corrected chi connectivity index (χ3v) is 6.38. The fourth-order valence-corrected chi connectivity index (χ4v) is 4.48. The van der Waals surface area contributed by atoms with E-state index in [1.165, 1.54) is 0 Å². The van der Waals surface area contributed by atoms with Gasteiger partial charge in [0.25, 0.3) is 0 Å². The second-order valence-corrected chi connectivity index (χ2v) is 9.56. The fourth-order valence-electron chi connectivity index (χ4n) is 3.64. The van der Waals surface area contributed by atoms with E-state index in [2.05, 4.69) is 42.4 Å². The van der Waals surface area contributed by atoms with Crippen molar-refractivity contribution in [1.29, 1.82) is 0 Å². The summed E-state index contributed by atoms with van der Waals surface area (Å²) in [6, 6.07) is 25.6. The van der Waals surface area contributed by atoms with Crippen LogP contribution >= 0.6 is 31.9 Å². The molecule has 5 nitrogen and oxygen atoms in total. The van der Waals surface area contributed by atoms with Crippen LogP contribution in [-0.4, -0.2) is 18.7 Å². The van der Waals surface area contributed by atoms with Crippen molar-refractivity contribution in [3.05, 3.63) is 104 Å².